The van der Waals surface area contributed by atoms with E-state index in [-0.39, 0.29) is 11.9 Å². The summed E-state index contributed by atoms with van der Waals surface area (Å²) < 4.78 is 19.3. The van der Waals surface area contributed by atoms with Gasteiger partial charge in [0, 0.05) is 0 Å². The van der Waals surface area contributed by atoms with Crippen molar-refractivity contribution in [3.63, 3.8) is 0 Å². The highest BCUT2D eigenvalue weighted by Gasteiger charge is 2.14. The third-order valence-corrected chi connectivity index (χ3v) is 3.64. The summed E-state index contributed by atoms with van der Waals surface area (Å²) in [5, 5.41) is 3.20. The molecule has 1 unspecified atom stereocenters. The van der Waals surface area contributed by atoms with Crippen LogP contribution in [-0.4, -0.2) is 14.2 Å². The third-order valence-electron chi connectivity index (χ3n) is 2.99. The van der Waals surface area contributed by atoms with Crippen LogP contribution in [0.2, 0.25) is 0 Å². The van der Waals surface area contributed by atoms with Crippen molar-refractivity contribution >= 4 is 15.9 Å². The van der Waals surface area contributed by atoms with Crippen molar-refractivity contribution in [1.29, 1.82) is 0 Å². The molecule has 1 atom stereocenters. The molecule has 0 radical (unpaired) electrons. The van der Waals surface area contributed by atoms with Crippen molar-refractivity contribution in [3.8, 4) is 5.75 Å². The fourth-order valence-electron chi connectivity index (χ4n) is 2.04. The lowest BCUT2D eigenvalue weighted by Gasteiger charge is -2.18. The summed E-state index contributed by atoms with van der Waals surface area (Å²) in [4.78, 5) is 0. The molecule has 0 aromatic heterocycles. The van der Waals surface area contributed by atoms with Gasteiger partial charge in [-0.15, -0.1) is 0 Å². The molecule has 2 aromatic rings. The predicted molar refractivity (Wildman–Crippen MR) is 78.0 cm³/mol. The average molecular weight is 324 g/mol. The first-order valence-corrected chi connectivity index (χ1v) is 6.71. The van der Waals surface area contributed by atoms with Gasteiger partial charge in [-0.3, -0.25) is 0 Å². The molecule has 0 amide bonds. The summed E-state index contributed by atoms with van der Waals surface area (Å²) in [5.41, 5.74) is 1.90. The van der Waals surface area contributed by atoms with Crippen LogP contribution in [-0.2, 0) is 0 Å². The summed E-state index contributed by atoms with van der Waals surface area (Å²) in [6.45, 7) is 0. The SMILES string of the molecule is CNC(c1cccc(OC)c1)c1ccc(Br)c(F)c1. The Labute approximate surface area is 120 Å². The zero-order valence-electron chi connectivity index (χ0n) is 10.8. The quantitative estimate of drug-likeness (QED) is 0.921. The van der Waals surface area contributed by atoms with Gasteiger partial charge in [0.15, 0.2) is 0 Å². The summed E-state index contributed by atoms with van der Waals surface area (Å²) in [5.74, 6) is 0.524. The molecule has 2 rings (SSSR count). The van der Waals surface area contributed by atoms with Gasteiger partial charge in [0.25, 0.3) is 0 Å². The molecule has 0 aliphatic rings. The lowest BCUT2D eigenvalue weighted by molar-refractivity contribution is 0.414. The average Bonchev–Trinajstić information content (AvgIpc) is 2.44. The van der Waals surface area contributed by atoms with Gasteiger partial charge in [0.05, 0.1) is 17.6 Å². The van der Waals surface area contributed by atoms with Crippen LogP contribution in [0, 0.1) is 5.82 Å². The second kappa shape index (κ2) is 6.17. The lowest BCUT2D eigenvalue weighted by Crippen LogP contribution is -2.17. The number of nitrogens with one attached hydrogen (secondary N) is 1. The van der Waals surface area contributed by atoms with E-state index in [1.54, 1.807) is 13.2 Å². The molecule has 4 heteroatoms. The van der Waals surface area contributed by atoms with E-state index in [9.17, 15) is 4.39 Å². The topological polar surface area (TPSA) is 21.3 Å². The minimum absolute atomic E-state index is 0.0716. The van der Waals surface area contributed by atoms with Crippen molar-refractivity contribution in [2.75, 3.05) is 14.2 Å². The molecule has 0 aliphatic carbocycles. The fourth-order valence-corrected chi connectivity index (χ4v) is 2.29. The van der Waals surface area contributed by atoms with E-state index in [1.165, 1.54) is 6.07 Å². The second-order valence-corrected chi connectivity index (χ2v) is 5.03. The number of ether oxygens (including phenoxy) is 1. The molecular weight excluding hydrogens is 309 g/mol. The van der Waals surface area contributed by atoms with E-state index >= 15 is 0 Å². The summed E-state index contributed by atoms with van der Waals surface area (Å²) in [6, 6.07) is 12.8. The van der Waals surface area contributed by atoms with Gasteiger partial charge in [0.2, 0.25) is 0 Å². The number of benzene rings is 2. The lowest BCUT2D eigenvalue weighted by atomic mass is 9.98. The molecule has 0 aliphatic heterocycles. The Hall–Kier alpha value is -1.39. The van der Waals surface area contributed by atoms with Crippen molar-refractivity contribution in [3.05, 3.63) is 63.9 Å². The molecule has 0 saturated carbocycles. The van der Waals surface area contributed by atoms with Crippen LogP contribution in [0.15, 0.2) is 46.9 Å². The first-order valence-electron chi connectivity index (χ1n) is 5.92. The van der Waals surface area contributed by atoms with Crippen LogP contribution in [0.4, 0.5) is 4.39 Å². The first-order chi connectivity index (χ1) is 9.15. The van der Waals surface area contributed by atoms with Crippen LogP contribution in [0.3, 0.4) is 0 Å². The highest BCUT2D eigenvalue weighted by atomic mass is 79.9. The van der Waals surface area contributed by atoms with E-state index in [0.29, 0.717) is 4.47 Å². The monoisotopic (exact) mass is 323 g/mol. The highest BCUT2D eigenvalue weighted by molar-refractivity contribution is 9.10. The predicted octanol–water partition coefficient (Wildman–Crippen LogP) is 3.91. The highest BCUT2D eigenvalue weighted by Crippen LogP contribution is 2.27. The minimum Gasteiger partial charge on any atom is -0.497 e. The molecule has 100 valence electrons. The van der Waals surface area contributed by atoms with Gasteiger partial charge in [-0.2, -0.15) is 0 Å². The number of methoxy groups -OCH3 is 1. The van der Waals surface area contributed by atoms with Gasteiger partial charge in [-0.1, -0.05) is 18.2 Å². The van der Waals surface area contributed by atoms with Crippen LogP contribution < -0.4 is 10.1 Å². The molecule has 2 aromatic carbocycles. The van der Waals surface area contributed by atoms with E-state index in [0.717, 1.165) is 16.9 Å². The molecule has 1 N–H and O–H groups in total. The Morgan fingerprint density at radius 3 is 2.53 bits per heavy atom. The molecule has 0 saturated heterocycles. The molecular formula is C15H15BrFNO. The van der Waals surface area contributed by atoms with Crippen LogP contribution >= 0.6 is 15.9 Å². The molecule has 0 spiro atoms. The van der Waals surface area contributed by atoms with Gasteiger partial charge >= 0.3 is 0 Å². The molecule has 19 heavy (non-hydrogen) atoms. The molecule has 0 bridgehead atoms. The van der Waals surface area contributed by atoms with Gasteiger partial charge in [-0.05, 0) is 58.4 Å². The van der Waals surface area contributed by atoms with Crippen LogP contribution in [0.5, 0.6) is 5.75 Å². The maximum atomic E-state index is 13.6. The normalized spacial score (nSPS) is 12.2. The Morgan fingerprint density at radius 1 is 1.16 bits per heavy atom. The zero-order valence-corrected chi connectivity index (χ0v) is 12.4. The van der Waals surface area contributed by atoms with Gasteiger partial charge < -0.3 is 10.1 Å². The van der Waals surface area contributed by atoms with Crippen molar-refractivity contribution in [2.24, 2.45) is 0 Å². The largest absolute Gasteiger partial charge is 0.497 e. The number of hydrogen-bond acceptors (Lipinski definition) is 2. The van der Waals surface area contributed by atoms with E-state index in [2.05, 4.69) is 21.2 Å². The Kier molecular flexibility index (Phi) is 4.56. The van der Waals surface area contributed by atoms with Crippen LogP contribution in [0.25, 0.3) is 0 Å². The third kappa shape index (κ3) is 3.14. The van der Waals surface area contributed by atoms with Gasteiger partial charge in [0.1, 0.15) is 11.6 Å². The molecule has 0 heterocycles. The zero-order chi connectivity index (χ0) is 13.8. The maximum Gasteiger partial charge on any atom is 0.137 e. The van der Waals surface area contributed by atoms with Crippen molar-refractivity contribution in [1.82, 2.24) is 5.32 Å². The summed E-state index contributed by atoms with van der Waals surface area (Å²) >= 11 is 3.16. The summed E-state index contributed by atoms with van der Waals surface area (Å²) in [7, 11) is 3.48. The van der Waals surface area contributed by atoms with E-state index in [4.69, 9.17) is 4.74 Å². The van der Waals surface area contributed by atoms with Crippen molar-refractivity contribution < 1.29 is 9.13 Å². The standard InChI is InChI=1S/C15H15BrFNO/c1-18-15(10-4-3-5-12(8-10)19-2)11-6-7-13(16)14(17)9-11/h3-9,15,18H,1-2H3. The van der Waals surface area contributed by atoms with E-state index < -0.39 is 0 Å². The number of halogens is 2. The van der Waals surface area contributed by atoms with E-state index in [1.807, 2.05) is 37.4 Å². The first kappa shape index (κ1) is 14.0. The second-order valence-electron chi connectivity index (χ2n) is 4.17. The molecule has 2 nitrogen and oxygen atoms in total. The number of hydrogen-bond donors (Lipinski definition) is 1. The summed E-state index contributed by atoms with van der Waals surface area (Å²) in [6.07, 6.45) is 0. The number of rotatable bonds is 4. The molecule has 0 fully saturated rings. The van der Waals surface area contributed by atoms with Gasteiger partial charge in [-0.25, -0.2) is 4.39 Å². The Balaban J connectivity index is 2.40. The maximum absolute atomic E-state index is 13.6. The fraction of sp³-hybridized carbons (Fsp3) is 0.200. The Morgan fingerprint density at radius 2 is 1.89 bits per heavy atom. The minimum atomic E-state index is -0.263. The van der Waals surface area contributed by atoms with Crippen LogP contribution in [0.1, 0.15) is 17.2 Å². The Bertz CT molecular complexity index is 574. The smallest absolute Gasteiger partial charge is 0.137 e. The van der Waals surface area contributed by atoms with Crippen molar-refractivity contribution in [2.45, 2.75) is 6.04 Å².